The summed E-state index contributed by atoms with van der Waals surface area (Å²) in [5.41, 5.74) is 2.18. The van der Waals surface area contributed by atoms with E-state index in [2.05, 4.69) is 0 Å². The smallest absolute Gasteiger partial charge is 0.134 e. The first-order valence-electron chi connectivity index (χ1n) is 5.90. The molecule has 0 saturated heterocycles. The third-order valence-corrected chi connectivity index (χ3v) is 2.94. The summed E-state index contributed by atoms with van der Waals surface area (Å²) in [5, 5.41) is 19.7. The molecule has 94 valence electrons. The highest BCUT2D eigenvalue weighted by atomic mass is 16.3. The summed E-state index contributed by atoms with van der Waals surface area (Å²) < 4.78 is 5.32. The molecule has 19 heavy (non-hydrogen) atoms. The molecule has 3 aromatic rings. The Morgan fingerprint density at radius 2 is 1.58 bits per heavy atom. The highest BCUT2D eigenvalue weighted by Gasteiger charge is 2.09. The van der Waals surface area contributed by atoms with Gasteiger partial charge in [-0.05, 0) is 42.0 Å². The highest BCUT2D eigenvalue weighted by molar-refractivity contribution is 5.76. The molecule has 0 bridgehead atoms. The molecule has 0 aliphatic carbocycles. The number of rotatable bonds is 2. The third kappa shape index (κ3) is 2.18. The van der Waals surface area contributed by atoms with Crippen molar-refractivity contribution in [1.29, 1.82) is 0 Å². The molecule has 0 atom stereocenters. The van der Waals surface area contributed by atoms with Gasteiger partial charge < -0.3 is 14.6 Å². The molecule has 0 saturated carbocycles. The van der Waals surface area contributed by atoms with Crippen LogP contribution in [0.4, 0.5) is 0 Å². The van der Waals surface area contributed by atoms with Crippen LogP contribution in [0.5, 0.6) is 11.5 Å². The molecule has 0 radical (unpaired) electrons. The number of phenolic OH excluding ortho intramolecular Hbond substituents is 2. The molecule has 1 heterocycles. The fourth-order valence-electron chi connectivity index (χ4n) is 2.07. The van der Waals surface area contributed by atoms with Crippen molar-refractivity contribution >= 4 is 0 Å². The van der Waals surface area contributed by atoms with Gasteiger partial charge in [0.25, 0.3) is 0 Å². The molecule has 0 unspecified atom stereocenters. The van der Waals surface area contributed by atoms with Gasteiger partial charge >= 0.3 is 0 Å². The minimum Gasteiger partial charge on any atom is -0.508 e. The molecule has 0 fully saturated rings. The van der Waals surface area contributed by atoms with Gasteiger partial charge in [-0.25, -0.2) is 0 Å². The standard InChI is InChI=1S/C16H12O3/c17-13-9-11(14-4-1-2-5-15(14)18)8-12(10-13)16-6-3-7-19-16/h1-10,17-18H. The molecule has 0 aliphatic heterocycles. The van der Waals surface area contributed by atoms with E-state index in [-0.39, 0.29) is 11.5 Å². The summed E-state index contributed by atoms with van der Waals surface area (Å²) in [6.45, 7) is 0. The van der Waals surface area contributed by atoms with Crippen molar-refractivity contribution in [3.8, 4) is 33.9 Å². The zero-order valence-electron chi connectivity index (χ0n) is 10.1. The topological polar surface area (TPSA) is 53.6 Å². The van der Waals surface area contributed by atoms with Crippen LogP contribution < -0.4 is 0 Å². The molecule has 1 aromatic heterocycles. The predicted octanol–water partition coefficient (Wildman–Crippen LogP) is 4.02. The molecular weight excluding hydrogens is 240 g/mol. The fraction of sp³-hybridized carbons (Fsp3) is 0. The second-order valence-electron chi connectivity index (χ2n) is 4.26. The Morgan fingerprint density at radius 1 is 0.789 bits per heavy atom. The van der Waals surface area contributed by atoms with Crippen molar-refractivity contribution in [3.05, 3.63) is 60.9 Å². The first kappa shape index (κ1) is 11.4. The average Bonchev–Trinajstić information content (AvgIpc) is 2.92. The zero-order chi connectivity index (χ0) is 13.2. The maximum Gasteiger partial charge on any atom is 0.134 e. The SMILES string of the molecule is Oc1cc(-c2ccco2)cc(-c2ccccc2O)c1. The van der Waals surface area contributed by atoms with E-state index in [4.69, 9.17) is 4.42 Å². The highest BCUT2D eigenvalue weighted by Crippen LogP contribution is 2.34. The summed E-state index contributed by atoms with van der Waals surface area (Å²) in [6.07, 6.45) is 1.58. The Morgan fingerprint density at radius 3 is 2.32 bits per heavy atom. The Bertz CT molecular complexity index is 700. The monoisotopic (exact) mass is 252 g/mol. The molecule has 3 heteroatoms. The maximum absolute atomic E-state index is 9.87. The van der Waals surface area contributed by atoms with Gasteiger partial charge in [-0.3, -0.25) is 0 Å². The minimum atomic E-state index is 0.132. The third-order valence-electron chi connectivity index (χ3n) is 2.94. The summed E-state index contributed by atoms with van der Waals surface area (Å²) >= 11 is 0. The molecule has 3 rings (SSSR count). The van der Waals surface area contributed by atoms with E-state index < -0.39 is 0 Å². The molecule has 3 nitrogen and oxygen atoms in total. The van der Waals surface area contributed by atoms with Gasteiger partial charge in [0, 0.05) is 11.1 Å². The van der Waals surface area contributed by atoms with Crippen LogP contribution in [0.1, 0.15) is 0 Å². The Labute approximate surface area is 110 Å². The number of furan rings is 1. The molecule has 2 aromatic carbocycles. The van der Waals surface area contributed by atoms with Crippen LogP contribution in [0.3, 0.4) is 0 Å². The summed E-state index contributed by atoms with van der Waals surface area (Å²) in [6, 6.07) is 15.7. The largest absolute Gasteiger partial charge is 0.508 e. The number of benzene rings is 2. The van der Waals surface area contributed by atoms with Crippen LogP contribution >= 0.6 is 0 Å². The van der Waals surface area contributed by atoms with Gasteiger partial charge in [-0.15, -0.1) is 0 Å². The molecule has 2 N–H and O–H groups in total. The first-order valence-corrected chi connectivity index (χ1v) is 5.90. The van der Waals surface area contributed by atoms with Gasteiger partial charge in [-0.1, -0.05) is 18.2 Å². The zero-order valence-corrected chi connectivity index (χ0v) is 10.1. The second kappa shape index (κ2) is 4.53. The fourth-order valence-corrected chi connectivity index (χ4v) is 2.07. The van der Waals surface area contributed by atoms with Crippen molar-refractivity contribution < 1.29 is 14.6 Å². The normalized spacial score (nSPS) is 10.5. The van der Waals surface area contributed by atoms with Crippen molar-refractivity contribution in [1.82, 2.24) is 0 Å². The van der Waals surface area contributed by atoms with E-state index in [0.717, 1.165) is 11.1 Å². The van der Waals surface area contributed by atoms with Gasteiger partial charge in [0.05, 0.1) is 6.26 Å². The number of aromatic hydroxyl groups is 2. The van der Waals surface area contributed by atoms with Crippen LogP contribution in [0.25, 0.3) is 22.5 Å². The Balaban J connectivity index is 2.16. The number of para-hydroxylation sites is 1. The van der Waals surface area contributed by atoms with Crippen LogP contribution in [0, 0.1) is 0 Å². The van der Waals surface area contributed by atoms with Gasteiger partial charge in [-0.2, -0.15) is 0 Å². The number of phenols is 2. The minimum absolute atomic E-state index is 0.132. The van der Waals surface area contributed by atoms with E-state index in [9.17, 15) is 10.2 Å². The van der Waals surface area contributed by atoms with E-state index in [1.54, 1.807) is 42.7 Å². The van der Waals surface area contributed by atoms with Crippen molar-refractivity contribution in [2.75, 3.05) is 0 Å². The van der Waals surface area contributed by atoms with Crippen LogP contribution in [-0.2, 0) is 0 Å². The molecule has 0 amide bonds. The van der Waals surface area contributed by atoms with Crippen molar-refractivity contribution in [2.24, 2.45) is 0 Å². The molecular formula is C16H12O3. The summed E-state index contributed by atoms with van der Waals surface area (Å²) in [5.74, 6) is 0.984. The maximum atomic E-state index is 9.87. The Hall–Kier alpha value is -2.68. The summed E-state index contributed by atoms with van der Waals surface area (Å²) in [4.78, 5) is 0. The van der Waals surface area contributed by atoms with Crippen molar-refractivity contribution in [2.45, 2.75) is 0 Å². The van der Waals surface area contributed by atoms with Crippen LogP contribution in [-0.4, -0.2) is 10.2 Å². The number of hydrogen-bond donors (Lipinski definition) is 2. The van der Waals surface area contributed by atoms with E-state index in [1.807, 2.05) is 18.2 Å². The van der Waals surface area contributed by atoms with Gasteiger partial charge in [0.2, 0.25) is 0 Å². The number of hydrogen-bond acceptors (Lipinski definition) is 3. The second-order valence-corrected chi connectivity index (χ2v) is 4.26. The average molecular weight is 252 g/mol. The van der Waals surface area contributed by atoms with Crippen LogP contribution in [0.15, 0.2) is 65.3 Å². The lowest BCUT2D eigenvalue weighted by Crippen LogP contribution is -1.81. The quantitative estimate of drug-likeness (QED) is 0.724. The lowest BCUT2D eigenvalue weighted by atomic mass is 10.0. The van der Waals surface area contributed by atoms with E-state index in [0.29, 0.717) is 11.3 Å². The molecule has 0 aliphatic rings. The summed E-state index contributed by atoms with van der Waals surface area (Å²) in [7, 11) is 0. The molecule has 0 spiro atoms. The van der Waals surface area contributed by atoms with Gasteiger partial charge in [0.1, 0.15) is 17.3 Å². The first-order chi connectivity index (χ1) is 9.24. The van der Waals surface area contributed by atoms with Crippen LogP contribution in [0.2, 0.25) is 0 Å². The van der Waals surface area contributed by atoms with Gasteiger partial charge in [0.15, 0.2) is 0 Å². The predicted molar refractivity (Wildman–Crippen MR) is 72.9 cm³/mol. The lowest BCUT2D eigenvalue weighted by molar-refractivity contribution is 0.474. The van der Waals surface area contributed by atoms with Crippen molar-refractivity contribution in [3.63, 3.8) is 0 Å². The lowest BCUT2D eigenvalue weighted by Gasteiger charge is -2.07. The Kier molecular flexibility index (Phi) is 2.72. The van der Waals surface area contributed by atoms with E-state index in [1.165, 1.54) is 0 Å². The van der Waals surface area contributed by atoms with E-state index >= 15 is 0 Å².